The topological polar surface area (TPSA) is 66.9 Å². The van der Waals surface area contributed by atoms with Gasteiger partial charge in [-0.15, -0.1) is 0 Å². The number of benzene rings is 1. The zero-order valence-corrected chi connectivity index (χ0v) is 13.5. The van der Waals surface area contributed by atoms with Crippen LogP contribution in [0.4, 0.5) is 11.5 Å². The molecule has 6 heteroatoms. The van der Waals surface area contributed by atoms with Crippen molar-refractivity contribution in [3.8, 4) is 0 Å². The Morgan fingerprint density at radius 1 is 1.04 bits per heavy atom. The van der Waals surface area contributed by atoms with Crippen molar-refractivity contribution < 1.29 is 4.79 Å². The number of rotatable bonds is 5. The second-order valence-corrected chi connectivity index (χ2v) is 5.51. The van der Waals surface area contributed by atoms with E-state index in [1.54, 1.807) is 48.8 Å². The maximum atomic E-state index is 12.1. The highest BCUT2D eigenvalue weighted by molar-refractivity contribution is 6.31. The summed E-state index contributed by atoms with van der Waals surface area (Å²) in [6, 6.07) is 16.1. The lowest BCUT2D eigenvalue weighted by atomic mass is 10.2. The number of amides is 1. The molecule has 5 nitrogen and oxygen atoms in total. The van der Waals surface area contributed by atoms with Gasteiger partial charge < -0.3 is 10.6 Å². The molecular formula is C18H15ClN4O. The van der Waals surface area contributed by atoms with E-state index >= 15 is 0 Å². The normalized spacial score (nSPS) is 10.2. The number of aromatic nitrogens is 2. The van der Waals surface area contributed by atoms with E-state index in [-0.39, 0.29) is 5.91 Å². The Bertz CT molecular complexity index is 822. The van der Waals surface area contributed by atoms with E-state index in [4.69, 9.17) is 11.6 Å². The molecule has 1 aromatic carbocycles. The first-order chi connectivity index (χ1) is 11.7. The molecular weight excluding hydrogens is 324 g/mol. The molecule has 2 aromatic heterocycles. The zero-order chi connectivity index (χ0) is 16.8. The molecule has 0 bridgehead atoms. The van der Waals surface area contributed by atoms with Crippen molar-refractivity contribution in [3.63, 3.8) is 0 Å². The minimum Gasteiger partial charge on any atom is -0.364 e. The van der Waals surface area contributed by atoms with Crippen LogP contribution in [0.1, 0.15) is 16.1 Å². The van der Waals surface area contributed by atoms with Gasteiger partial charge in [0.1, 0.15) is 5.82 Å². The van der Waals surface area contributed by atoms with Gasteiger partial charge in [0.2, 0.25) is 0 Å². The van der Waals surface area contributed by atoms with Gasteiger partial charge >= 0.3 is 0 Å². The summed E-state index contributed by atoms with van der Waals surface area (Å²) in [5.74, 6) is 0.481. The van der Waals surface area contributed by atoms with Crippen molar-refractivity contribution in [1.29, 1.82) is 0 Å². The third-order valence-corrected chi connectivity index (χ3v) is 3.52. The van der Waals surface area contributed by atoms with Gasteiger partial charge in [-0.2, -0.15) is 0 Å². The molecule has 0 spiro atoms. The summed E-state index contributed by atoms with van der Waals surface area (Å²) in [6.45, 7) is 0.585. The average Bonchev–Trinajstić information content (AvgIpc) is 2.62. The first kappa shape index (κ1) is 16.0. The third-order valence-electron chi connectivity index (χ3n) is 3.28. The Labute approximate surface area is 144 Å². The summed E-state index contributed by atoms with van der Waals surface area (Å²) < 4.78 is 0. The Morgan fingerprint density at radius 3 is 2.67 bits per heavy atom. The highest BCUT2D eigenvalue weighted by Gasteiger charge is 2.06. The van der Waals surface area contributed by atoms with Crippen molar-refractivity contribution in [2.75, 3.05) is 10.6 Å². The average molecular weight is 339 g/mol. The number of halogens is 1. The fourth-order valence-electron chi connectivity index (χ4n) is 2.09. The maximum Gasteiger partial charge on any atom is 0.255 e. The summed E-state index contributed by atoms with van der Waals surface area (Å²) in [6.07, 6.45) is 3.35. The van der Waals surface area contributed by atoms with Crippen LogP contribution in [0.5, 0.6) is 0 Å². The highest BCUT2D eigenvalue weighted by Crippen LogP contribution is 2.14. The van der Waals surface area contributed by atoms with Crippen LogP contribution in [-0.4, -0.2) is 15.9 Å². The lowest BCUT2D eigenvalue weighted by Gasteiger charge is -2.08. The van der Waals surface area contributed by atoms with Crippen molar-refractivity contribution >= 4 is 29.0 Å². The van der Waals surface area contributed by atoms with Crippen LogP contribution in [-0.2, 0) is 6.54 Å². The quantitative estimate of drug-likeness (QED) is 0.738. The second kappa shape index (κ2) is 7.57. The molecule has 0 radical (unpaired) electrons. The van der Waals surface area contributed by atoms with E-state index in [0.29, 0.717) is 28.6 Å². The second-order valence-electron chi connectivity index (χ2n) is 5.07. The number of carbonyl (C=O) groups is 1. The minimum atomic E-state index is -0.228. The molecule has 2 N–H and O–H groups in total. The fraction of sp³-hybridized carbons (Fsp3) is 0.0556. The number of pyridine rings is 2. The van der Waals surface area contributed by atoms with Crippen LogP contribution < -0.4 is 10.6 Å². The van der Waals surface area contributed by atoms with E-state index in [2.05, 4.69) is 20.6 Å². The number of carbonyl (C=O) groups excluding carboxylic acids is 1. The number of nitrogens with one attached hydrogen (secondary N) is 2. The van der Waals surface area contributed by atoms with Crippen LogP contribution in [0.2, 0.25) is 5.02 Å². The van der Waals surface area contributed by atoms with Crippen molar-refractivity contribution in [1.82, 2.24) is 9.97 Å². The van der Waals surface area contributed by atoms with Gasteiger partial charge in [0, 0.05) is 16.8 Å². The van der Waals surface area contributed by atoms with Crippen molar-refractivity contribution in [2.24, 2.45) is 0 Å². The summed E-state index contributed by atoms with van der Waals surface area (Å²) in [7, 11) is 0. The summed E-state index contributed by atoms with van der Waals surface area (Å²) in [5.41, 5.74) is 2.04. The number of hydrogen-bond acceptors (Lipinski definition) is 4. The van der Waals surface area contributed by atoms with Crippen LogP contribution in [0.15, 0.2) is 67.0 Å². The predicted octanol–water partition coefficient (Wildman–Crippen LogP) is 3.99. The molecule has 0 atom stereocenters. The lowest BCUT2D eigenvalue weighted by molar-refractivity contribution is 0.102. The molecule has 0 saturated carbocycles. The van der Waals surface area contributed by atoms with Crippen molar-refractivity contribution in [3.05, 3.63) is 83.3 Å². The Hall–Kier alpha value is -2.92. The molecule has 3 aromatic rings. The molecule has 120 valence electrons. The Balaban J connectivity index is 1.59. The first-order valence-corrected chi connectivity index (χ1v) is 7.75. The lowest BCUT2D eigenvalue weighted by Crippen LogP contribution is -2.12. The van der Waals surface area contributed by atoms with Gasteiger partial charge in [-0.25, -0.2) is 4.98 Å². The van der Waals surface area contributed by atoms with E-state index in [9.17, 15) is 4.79 Å². The Morgan fingerprint density at radius 2 is 1.96 bits per heavy atom. The molecule has 0 aliphatic heterocycles. The fourth-order valence-corrected chi connectivity index (χ4v) is 2.28. The zero-order valence-electron chi connectivity index (χ0n) is 12.7. The first-order valence-electron chi connectivity index (χ1n) is 7.37. The molecule has 0 fully saturated rings. The molecule has 0 aliphatic rings. The summed E-state index contributed by atoms with van der Waals surface area (Å²) in [5, 5.41) is 6.49. The van der Waals surface area contributed by atoms with E-state index < -0.39 is 0 Å². The highest BCUT2D eigenvalue weighted by atomic mass is 35.5. The van der Waals surface area contributed by atoms with Crippen LogP contribution in [0.3, 0.4) is 0 Å². The molecule has 2 heterocycles. The van der Waals surface area contributed by atoms with Gasteiger partial charge in [0.25, 0.3) is 5.91 Å². The smallest absolute Gasteiger partial charge is 0.255 e. The number of nitrogens with zero attached hydrogens (tertiary/aromatic N) is 2. The number of hydrogen-bond donors (Lipinski definition) is 2. The van der Waals surface area contributed by atoms with Gasteiger partial charge in [-0.3, -0.25) is 9.78 Å². The SMILES string of the molecule is O=C(Nc1ccc(NCc2ccccn2)nc1)c1cccc(Cl)c1. The molecule has 3 rings (SSSR count). The third kappa shape index (κ3) is 4.30. The molecule has 24 heavy (non-hydrogen) atoms. The molecule has 1 amide bonds. The van der Waals surface area contributed by atoms with Gasteiger partial charge in [-0.05, 0) is 42.5 Å². The minimum absolute atomic E-state index is 0.228. The van der Waals surface area contributed by atoms with Crippen LogP contribution in [0, 0.1) is 0 Å². The largest absolute Gasteiger partial charge is 0.364 e. The van der Waals surface area contributed by atoms with E-state index in [1.165, 1.54) is 0 Å². The summed E-state index contributed by atoms with van der Waals surface area (Å²) >= 11 is 5.89. The van der Waals surface area contributed by atoms with Gasteiger partial charge in [0.15, 0.2) is 0 Å². The summed E-state index contributed by atoms with van der Waals surface area (Å²) in [4.78, 5) is 20.7. The van der Waals surface area contributed by atoms with Crippen LogP contribution >= 0.6 is 11.6 Å². The molecule has 0 saturated heterocycles. The monoisotopic (exact) mass is 338 g/mol. The predicted molar refractivity (Wildman–Crippen MR) is 95.2 cm³/mol. The number of anilines is 2. The van der Waals surface area contributed by atoms with E-state index in [0.717, 1.165) is 5.69 Å². The van der Waals surface area contributed by atoms with Gasteiger partial charge in [0.05, 0.1) is 24.1 Å². The van der Waals surface area contributed by atoms with E-state index in [1.807, 2.05) is 18.2 Å². The van der Waals surface area contributed by atoms with Crippen LogP contribution in [0.25, 0.3) is 0 Å². The molecule has 0 unspecified atom stereocenters. The van der Waals surface area contributed by atoms with Crippen molar-refractivity contribution in [2.45, 2.75) is 6.54 Å². The molecule has 0 aliphatic carbocycles. The maximum absolute atomic E-state index is 12.1. The van der Waals surface area contributed by atoms with Gasteiger partial charge in [-0.1, -0.05) is 23.7 Å². The Kier molecular flexibility index (Phi) is 5.03. The standard InChI is InChI=1S/C18H15ClN4O/c19-14-5-3-4-13(10-14)18(24)23-16-7-8-17(22-12-16)21-11-15-6-1-2-9-20-15/h1-10,12H,11H2,(H,21,22)(H,23,24).